The van der Waals surface area contributed by atoms with Crippen molar-refractivity contribution in [3.63, 3.8) is 0 Å². The summed E-state index contributed by atoms with van der Waals surface area (Å²) in [6.45, 7) is 5.14. The third kappa shape index (κ3) is 8.55. The minimum atomic E-state index is -4.43. The van der Waals surface area contributed by atoms with Crippen molar-refractivity contribution >= 4 is 54.7 Å². The summed E-state index contributed by atoms with van der Waals surface area (Å²) >= 11 is 1.95. The molecule has 2 aromatic carbocycles. The Labute approximate surface area is 349 Å². The summed E-state index contributed by atoms with van der Waals surface area (Å²) in [7, 11) is -8.86. The number of carbonyl (C=O) groups excluding carboxylic acids is 2. The third-order valence-corrected chi connectivity index (χ3v) is 15.6. The van der Waals surface area contributed by atoms with E-state index in [2.05, 4.69) is 10.6 Å². The molecule has 2 aliphatic carbocycles. The van der Waals surface area contributed by atoms with Gasteiger partial charge in [0, 0.05) is 24.2 Å². The van der Waals surface area contributed by atoms with E-state index >= 15 is 0 Å². The Morgan fingerprint density at radius 1 is 0.644 bits per heavy atom. The number of aromatic nitrogens is 4. The van der Waals surface area contributed by atoms with Gasteiger partial charge < -0.3 is 10.6 Å². The standard InChI is InChI=1S/C41H42N6O8S4/c1-24-10-14-26(15-11-24)22-46-36-30(8-3-6-28-20-32(56-38(28)36)58(50,51)52)34(44-46)40(48)42-18-5-19-43-41(49)35-31-9-4-7-29-21-33(59(53,54)55)57-39(29)37(31)47(45-35)23-27-16-12-25(2)13-17-27/h10-17,20-21H,3-9,18-19,22-23H2,1-2H3,(H,42,48)(H,43,49)(H,50,51,52)(H,53,54,55). The van der Waals surface area contributed by atoms with Crippen LogP contribution in [0.25, 0.3) is 21.1 Å². The van der Waals surface area contributed by atoms with E-state index in [1.165, 1.54) is 12.1 Å². The molecule has 14 nitrogen and oxygen atoms in total. The number of benzene rings is 2. The zero-order valence-electron chi connectivity index (χ0n) is 32.3. The lowest BCUT2D eigenvalue weighted by atomic mass is 10.1. The predicted molar refractivity (Wildman–Crippen MR) is 225 cm³/mol. The lowest BCUT2D eigenvalue weighted by Crippen LogP contribution is -2.31. The van der Waals surface area contributed by atoms with Gasteiger partial charge in [-0.25, -0.2) is 0 Å². The molecular formula is C41H42N6O8S4. The van der Waals surface area contributed by atoms with Crippen molar-refractivity contribution in [2.24, 2.45) is 0 Å². The van der Waals surface area contributed by atoms with E-state index in [9.17, 15) is 35.5 Å². The molecule has 308 valence electrons. The number of aryl methyl sites for hydroxylation is 4. The van der Waals surface area contributed by atoms with Crippen molar-refractivity contribution in [3.8, 4) is 21.1 Å². The normalized spacial score (nSPS) is 13.8. The van der Waals surface area contributed by atoms with E-state index in [1.807, 2.05) is 62.4 Å². The van der Waals surface area contributed by atoms with Gasteiger partial charge in [0.2, 0.25) is 0 Å². The molecule has 0 radical (unpaired) electrons. The minimum Gasteiger partial charge on any atom is -0.351 e. The van der Waals surface area contributed by atoms with Gasteiger partial charge in [0.05, 0.1) is 34.2 Å². The highest BCUT2D eigenvalue weighted by Crippen LogP contribution is 2.43. The van der Waals surface area contributed by atoms with E-state index in [0.29, 0.717) is 90.3 Å². The molecule has 4 N–H and O–H groups in total. The summed E-state index contributed by atoms with van der Waals surface area (Å²) in [5, 5.41) is 15.5. The van der Waals surface area contributed by atoms with E-state index < -0.39 is 20.2 Å². The summed E-state index contributed by atoms with van der Waals surface area (Å²) in [5.74, 6) is -0.775. The molecule has 6 aromatic rings. The van der Waals surface area contributed by atoms with E-state index in [4.69, 9.17) is 10.2 Å². The zero-order chi connectivity index (χ0) is 41.6. The maximum absolute atomic E-state index is 13.8. The first-order valence-corrected chi connectivity index (χ1v) is 23.7. The van der Waals surface area contributed by atoms with Crippen LogP contribution in [-0.4, -0.2) is 70.4 Å². The molecule has 2 amide bonds. The first kappa shape index (κ1) is 40.8. The van der Waals surface area contributed by atoms with Crippen LogP contribution in [0.5, 0.6) is 0 Å². The number of hydrogen-bond acceptors (Lipinski definition) is 10. The zero-order valence-corrected chi connectivity index (χ0v) is 35.6. The second kappa shape index (κ2) is 16.2. The van der Waals surface area contributed by atoms with Crippen LogP contribution in [0.4, 0.5) is 0 Å². The Morgan fingerprint density at radius 3 is 1.41 bits per heavy atom. The van der Waals surface area contributed by atoms with E-state index in [0.717, 1.165) is 56.1 Å². The van der Waals surface area contributed by atoms with Crippen LogP contribution in [-0.2, 0) is 59.0 Å². The fourth-order valence-electron chi connectivity index (χ4n) is 7.71. The van der Waals surface area contributed by atoms with Crippen molar-refractivity contribution in [2.75, 3.05) is 13.1 Å². The molecule has 0 unspecified atom stereocenters. The fraction of sp³-hybridized carbons (Fsp3) is 0.317. The maximum Gasteiger partial charge on any atom is 0.304 e. The molecule has 0 saturated heterocycles. The molecule has 2 aliphatic rings. The molecule has 8 rings (SSSR count). The van der Waals surface area contributed by atoms with Crippen molar-refractivity contribution in [1.82, 2.24) is 30.2 Å². The lowest BCUT2D eigenvalue weighted by Gasteiger charge is -2.08. The van der Waals surface area contributed by atoms with Crippen molar-refractivity contribution in [2.45, 2.75) is 80.3 Å². The first-order chi connectivity index (χ1) is 28.1. The van der Waals surface area contributed by atoms with Crippen LogP contribution >= 0.6 is 22.7 Å². The maximum atomic E-state index is 13.8. The SMILES string of the molecule is Cc1ccc(Cn2nc(C(=O)NCCCNC(=O)c3nn(Cc4ccc(C)cc4)c4c3CCCc3cc(S(=O)(=O)O)sc3-4)c3c2-c2sc(S(=O)(=O)O)cc2CCC3)cc1. The van der Waals surface area contributed by atoms with Crippen LogP contribution in [0.15, 0.2) is 69.1 Å². The number of fused-ring (bicyclic) bond motifs is 6. The average molecular weight is 875 g/mol. The van der Waals surface area contributed by atoms with Gasteiger partial charge in [-0.2, -0.15) is 27.0 Å². The Balaban J connectivity index is 0.997. The second-order valence-corrected chi connectivity index (χ2v) is 20.4. The van der Waals surface area contributed by atoms with Gasteiger partial charge in [0.15, 0.2) is 11.4 Å². The monoisotopic (exact) mass is 874 g/mol. The van der Waals surface area contributed by atoms with Crippen LogP contribution in [0, 0.1) is 13.8 Å². The van der Waals surface area contributed by atoms with Gasteiger partial charge in [-0.15, -0.1) is 22.7 Å². The molecule has 18 heteroatoms. The topological polar surface area (TPSA) is 203 Å². The number of nitrogens with zero attached hydrogens (tertiary/aromatic N) is 4. The van der Waals surface area contributed by atoms with Crippen molar-refractivity contribution < 1.29 is 35.5 Å². The highest BCUT2D eigenvalue weighted by Gasteiger charge is 2.32. The second-order valence-electron chi connectivity index (χ2n) is 15.0. The number of hydrogen-bond donors (Lipinski definition) is 4. The van der Waals surface area contributed by atoms with Crippen LogP contribution in [0.2, 0.25) is 0 Å². The molecular weight excluding hydrogens is 833 g/mol. The van der Waals surface area contributed by atoms with Gasteiger partial charge in [0.1, 0.15) is 8.42 Å². The summed E-state index contributed by atoms with van der Waals surface area (Å²) < 4.78 is 71.4. The van der Waals surface area contributed by atoms with Crippen LogP contribution in [0.1, 0.15) is 84.7 Å². The largest absolute Gasteiger partial charge is 0.351 e. The van der Waals surface area contributed by atoms with Gasteiger partial charge in [0.25, 0.3) is 11.8 Å². The Morgan fingerprint density at radius 2 is 1.03 bits per heavy atom. The minimum absolute atomic E-state index is 0.150. The summed E-state index contributed by atoms with van der Waals surface area (Å²) in [4.78, 5) is 28.9. The van der Waals surface area contributed by atoms with Gasteiger partial charge >= 0.3 is 20.2 Å². The Hall–Kier alpha value is -4.98. The van der Waals surface area contributed by atoms with Crippen LogP contribution < -0.4 is 10.6 Å². The molecule has 4 aromatic heterocycles. The first-order valence-electron chi connectivity index (χ1n) is 19.2. The van der Waals surface area contributed by atoms with Crippen LogP contribution in [0.3, 0.4) is 0 Å². The lowest BCUT2D eigenvalue weighted by molar-refractivity contribution is 0.0944. The number of carbonyl (C=O) groups is 2. The molecule has 59 heavy (non-hydrogen) atoms. The smallest absolute Gasteiger partial charge is 0.304 e. The predicted octanol–water partition coefficient (Wildman–Crippen LogP) is 6.27. The highest BCUT2D eigenvalue weighted by molar-refractivity contribution is 7.88. The molecule has 0 saturated carbocycles. The summed E-state index contributed by atoms with van der Waals surface area (Å²) in [6.07, 6.45) is 3.97. The van der Waals surface area contributed by atoms with E-state index in [1.54, 1.807) is 9.36 Å². The average Bonchev–Trinajstić information content (AvgIpc) is 3.93. The molecule has 0 bridgehead atoms. The van der Waals surface area contributed by atoms with Gasteiger partial charge in [-0.05, 0) is 93.2 Å². The number of nitrogens with one attached hydrogen (secondary N) is 2. The van der Waals surface area contributed by atoms with E-state index in [-0.39, 0.29) is 44.7 Å². The molecule has 4 heterocycles. The molecule has 0 atom stereocenters. The molecule has 0 aliphatic heterocycles. The Bertz CT molecular complexity index is 2630. The van der Waals surface area contributed by atoms with Crippen molar-refractivity contribution in [1.29, 1.82) is 0 Å². The van der Waals surface area contributed by atoms with Gasteiger partial charge in [-0.1, -0.05) is 59.7 Å². The highest BCUT2D eigenvalue weighted by atomic mass is 32.3. The third-order valence-electron chi connectivity index (χ3n) is 10.6. The molecule has 0 spiro atoms. The molecule has 0 fully saturated rings. The number of amides is 2. The van der Waals surface area contributed by atoms with Gasteiger partial charge in [-0.3, -0.25) is 28.1 Å². The summed E-state index contributed by atoms with van der Waals surface area (Å²) in [6, 6.07) is 18.9. The summed E-state index contributed by atoms with van der Waals surface area (Å²) in [5.41, 5.74) is 8.92. The van der Waals surface area contributed by atoms with Crippen molar-refractivity contribution in [3.05, 3.63) is 117 Å². The quantitative estimate of drug-likeness (QED) is 0.0802. The number of thiophene rings is 2. The Kier molecular flexibility index (Phi) is 11.2. The fourth-order valence-corrected chi connectivity index (χ4v) is 11.7. The number of rotatable bonds is 12.